The van der Waals surface area contributed by atoms with Crippen LogP contribution in [-0.2, 0) is 16.1 Å². The summed E-state index contributed by atoms with van der Waals surface area (Å²) in [6, 6.07) is 20.9. The molecular formula is C27H31BrN2O3. The van der Waals surface area contributed by atoms with Gasteiger partial charge < -0.3 is 15.0 Å². The summed E-state index contributed by atoms with van der Waals surface area (Å²) in [4.78, 5) is 28.0. The minimum atomic E-state index is -0.597. The van der Waals surface area contributed by atoms with E-state index in [4.69, 9.17) is 4.74 Å². The van der Waals surface area contributed by atoms with E-state index >= 15 is 0 Å². The molecule has 33 heavy (non-hydrogen) atoms. The van der Waals surface area contributed by atoms with Crippen LogP contribution in [0.25, 0.3) is 10.8 Å². The van der Waals surface area contributed by atoms with Crippen molar-refractivity contribution in [2.75, 3.05) is 6.61 Å². The van der Waals surface area contributed by atoms with E-state index in [-0.39, 0.29) is 18.4 Å². The van der Waals surface area contributed by atoms with Gasteiger partial charge in [0.15, 0.2) is 6.61 Å². The maximum Gasteiger partial charge on any atom is 0.261 e. The molecule has 3 rings (SSSR count). The van der Waals surface area contributed by atoms with Crippen molar-refractivity contribution >= 4 is 38.5 Å². The van der Waals surface area contributed by atoms with Gasteiger partial charge in [0.05, 0.1) is 4.47 Å². The lowest BCUT2D eigenvalue weighted by atomic mass is 10.1. The molecule has 5 nitrogen and oxygen atoms in total. The average Bonchev–Trinajstić information content (AvgIpc) is 2.78. The molecule has 3 aromatic carbocycles. The molecule has 0 unspecified atom stereocenters. The first-order valence-corrected chi connectivity index (χ1v) is 11.9. The number of rotatable bonds is 8. The predicted octanol–water partition coefficient (Wildman–Crippen LogP) is 5.70. The highest BCUT2D eigenvalue weighted by atomic mass is 79.9. The number of halogens is 1. The lowest BCUT2D eigenvalue weighted by molar-refractivity contribution is -0.143. The minimum Gasteiger partial charge on any atom is -0.483 e. The lowest BCUT2D eigenvalue weighted by Crippen LogP contribution is -2.54. The van der Waals surface area contributed by atoms with Crippen LogP contribution in [0.1, 0.15) is 39.7 Å². The molecule has 0 spiro atoms. The Balaban J connectivity index is 1.82. The Kier molecular flexibility index (Phi) is 8.14. The molecular weight excluding hydrogens is 480 g/mol. The number of fused-ring (bicyclic) bond motifs is 1. The Morgan fingerprint density at radius 2 is 1.67 bits per heavy atom. The van der Waals surface area contributed by atoms with E-state index < -0.39 is 11.6 Å². The molecule has 0 aliphatic rings. The second-order valence-corrected chi connectivity index (χ2v) is 9.85. The van der Waals surface area contributed by atoms with Gasteiger partial charge in [0.2, 0.25) is 5.91 Å². The first-order chi connectivity index (χ1) is 15.7. The van der Waals surface area contributed by atoms with Gasteiger partial charge >= 0.3 is 0 Å². The van der Waals surface area contributed by atoms with Crippen LogP contribution in [-0.4, -0.2) is 34.9 Å². The number of carbonyl (C=O) groups is 2. The molecule has 0 fully saturated rings. The fourth-order valence-corrected chi connectivity index (χ4v) is 4.31. The Bertz CT molecular complexity index is 1110. The molecule has 1 atom stereocenters. The van der Waals surface area contributed by atoms with Crippen LogP contribution in [0.5, 0.6) is 5.75 Å². The van der Waals surface area contributed by atoms with E-state index in [2.05, 4.69) is 21.2 Å². The van der Waals surface area contributed by atoms with Crippen molar-refractivity contribution in [3.8, 4) is 5.75 Å². The third kappa shape index (κ3) is 6.57. The van der Waals surface area contributed by atoms with E-state index in [1.165, 1.54) is 0 Å². The lowest BCUT2D eigenvalue weighted by Gasteiger charge is -2.33. The van der Waals surface area contributed by atoms with Crippen molar-refractivity contribution in [2.24, 2.45) is 0 Å². The second-order valence-electron chi connectivity index (χ2n) is 9.06. The van der Waals surface area contributed by atoms with Gasteiger partial charge in [-0.25, -0.2) is 0 Å². The molecule has 1 N–H and O–H groups in total. The van der Waals surface area contributed by atoms with Crippen LogP contribution in [0.3, 0.4) is 0 Å². The molecule has 0 heterocycles. The summed E-state index contributed by atoms with van der Waals surface area (Å²) in [5.41, 5.74) is 0.568. The highest BCUT2D eigenvalue weighted by molar-refractivity contribution is 9.10. The molecule has 6 heteroatoms. The predicted molar refractivity (Wildman–Crippen MR) is 136 cm³/mol. The van der Waals surface area contributed by atoms with E-state index in [0.717, 1.165) is 20.8 Å². The van der Waals surface area contributed by atoms with E-state index in [1.807, 2.05) is 94.4 Å². The summed E-state index contributed by atoms with van der Waals surface area (Å²) in [6.45, 7) is 7.88. The summed E-state index contributed by atoms with van der Waals surface area (Å²) in [5.74, 6) is 0.185. The Morgan fingerprint density at radius 3 is 2.33 bits per heavy atom. The number of hydrogen-bond acceptors (Lipinski definition) is 3. The van der Waals surface area contributed by atoms with Gasteiger partial charge in [-0.2, -0.15) is 0 Å². The van der Waals surface area contributed by atoms with Gasteiger partial charge in [0, 0.05) is 12.1 Å². The molecule has 2 amide bonds. The summed E-state index contributed by atoms with van der Waals surface area (Å²) in [7, 11) is 0. The highest BCUT2D eigenvalue weighted by Crippen LogP contribution is 2.33. The zero-order valence-corrected chi connectivity index (χ0v) is 21.2. The first-order valence-electron chi connectivity index (χ1n) is 11.1. The summed E-state index contributed by atoms with van der Waals surface area (Å²) < 4.78 is 6.74. The van der Waals surface area contributed by atoms with Gasteiger partial charge in [-0.3, -0.25) is 9.59 Å². The minimum absolute atomic E-state index is 0.164. The van der Waals surface area contributed by atoms with Crippen molar-refractivity contribution in [1.29, 1.82) is 0 Å². The summed E-state index contributed by atoms with van der Waals surface area (Å²) in [6.07, 6.45) is 0.500. The first kappa shape index (κ1) is 24.8. The fraction of sp³-hybridized carbons (Fsp3) is 0.333. The number of nitrogens with zero attached hydrogens (tertiary/aromatic N) is 1. The van der Waals surface area contributed by atoms with Crippen LogP contribution < -0.4 is 10.1 Å². The van der Waals surface area contributed by atoms with E-state index in [0.29, 0.717) is 18.7 Å². The topological polar surface area (TPSA) is 58.6 Å². The van der Waals surface area contributed by atoms with Gasteiger partial charge in [-0.15, -0.1) is 0 Å². The molecule has 174 valence electrons. The molecule has 0 saturated heterocycles. The Labute approximate surface area is 204 Å². The van der Waals surface area contributed by atoms with E-state index in [1.54, 1.807) is 4.90 Å². The Hall–Kier alpha value is -2.86. The highest BCUT2D eigenvalue weighted by Gasteiger charge is 2.31. The Morgan fingerprint density at radius 1 is 1.00 bits per heavy atom. The van der Waals surface area contributed by atoms with Crippen molar-refractivity contribution in [3.63, 3.8) is 0 Å². The quantitative estimate of drug-likeness (QED) is 0.422. The van der Waals surface area contributed by atoms with Crippen LogP contribution in [0.4, 0.5) is 0 Å². The molecule has 0 bridgehead atoms. The third-order valence-corrected chi connectivity index (χ3v) is 6.08. The largest absolute Gasteiger partial charge is 0.483 e. The number of amides is 2. The zero-order valence-electron chi connectivity index (χ0n) is 19.6. The maximum atomic E-state index is 13.4. The van der Waals surface area contributed by atoms with Crippen LogP contribution in [0.15, 0.2) is 71.2 Å². The standard InChI is InChI=1S/C27H31BrN2O3/c1-5-22(26(32)29-27(2,3)4)30(17-19-11-7-6-8-12-19)24(31)18-33-23-16-15-20-13-9-10-14-21(20)25(23)28/h6-16,22H,5,17-18H2,1-4H3,(H,29,32)/t22-/m1/s1. The molecule has 0 aromatic heterocycles. The number of nitrogens with one attached hydrogen (secondary N) is 1. The van der Waals surface area contributed by atoms with Crippen molar-refractivity contribution in [1.82, 2.24) is 10.2 Å². The molecule has 0 radical (unpaired) electrons. The SMILES string of the molecule is CC[C@H](C(=O)NC(C)(C)C)N(Cc1ccccc1)C(=O)COc1ccc2ccccc2c1Br. The monoisotopic (exact) mass is 510 g/mol. The van der Waals surface area contributed by atoms with Crippen molar-refractivity contribution in [2.45, 2.75) is 52.2 Å². The molecule has 0 aliphatic carbocycles. The zero-order chi connectivity index (χ0) is 24.0. The van der Waals surface area contributed by atoms with Crippen LogP contribution in [0.2, 0.25) is 0 Å². The smallest absolute Gasteiger partial charge is 0.261 e. The van der Waals surface area contributed by atoms with Gasteiger partial charge in [0.1, 0.15) is 11.8 Å². The maximum absolute atomic E-state index is 13.4. The third-order valence-electron chi connectivity index (χ3n) is 5.26. The van der Waals surface area contributed by atoms with Gasteiger partial charge in [-0.1, -0.05) is 67.6 Å². The normalized spacial score (nSPS) is 12.3. The summed E-state index contributed by atoms with van der Waals surface area (Å²) in [5, 5.41) is 5.11. The number of benzene rings is 3. The number of hydrogen-bond donors (Lipinski definition) is 1. The van der Waals surface area contributed by atoms with Crippen LogP contribution >= 0.6 is 15.9 Å². The average molecular weight is 511 g/mol. The molecule has 0 aliphatic heterocycles. The summed E-state index contributed by atoms with van der Waals surface area (Å²) >= 11 is 3.61. The van der Waals surface area contributed by atoms with Gasteiger partial charge in [-0.05, 0) is 65.5 Å². The number of carbonyl (C=O) groups excluding carboxylic acids is 2. The van der Waals surface area contributed by atoms with Crippen LogP contribution in [0, 0.1) is 0 Å². The second kappa shape index (κ2) is 10.8. The molecule has 3 aromatic rings. The fourth-order valence-electron chi connectivity index (χ4n) is 3.70. The molecule has 0 saturated carbocycles. The van der Waals surface area contributed by atoms with E-state index in [9.17, 15) is 9.59 Å². The van der Waals surface area contributed by atoms with Crippen molar-refractivity contribution < 1.29 is 14.3 Å². The van der Waals surface area contributed by atoms with Crippen molar-refractivity contribution in [3.05, 3.63) is 76.8 Å². The number of ether oxygens (including phenoxy) is 1. The van der Waals surface area contributed by atoms with Gasteiger partial charge in [0.25, 0.3) is 5.91 Å².